The minimum Gasteiger partial charge on any atom is -0.399 e. The summed E-state index contributed by atoms with van der Waals surface area (Å²) in [7, 11) is 0. The molecule has 0 saturated heterocycles. The molecule has 0 atom stereocenters. The van der Waals surface area contributed by atoms with Crippen molar-refractivity contribution in [1.29, 1.82) is 0 Å². The van der Waals surface area contributed by atoms with E-state index in [4.69, 9.17) is 10.8 Å². The van der Waals surface area contributed by atoms with E-state index in [9.17, 15) is 0 Å². The maximum Gasteiger partial charge on any atom is 0.0696 e. The summed E-state index contributed by atoms with van der Waals surface area (Å²) in [6.45, 7) is 0.0746. The molecular formula is C10H10BrNOS. The summed E-state index contributed by atoms with van der Waals surface area (Å²) in [4.78, 5) is 0. The number of alkyl halides is 1. The second-order valence-corrected chi connectivity index (χ2v) is 4.55. The van der Waals surface area contributed by atoms with E-state index in [1.807, 2.05) is 17.5 Å². The van der Waals surface area contributed by atoms with Crippen LogP contribution in [0.1, 0.15) is 11.1 Å². The van der Waals surface area contributed by atoms with Crippen LogP contribution in [0, 0.1) is 0 Å². The molecule has 2 rings (SSSR count). The number of nitrogen functional groups attached to an aromatic ring is 1. The molecule has 0 fully saturated rings. The van der Waals surface area contributed by atoms with Gasteiger partial charge in [-0.25, -0.2) is 0 Å². The molecule has 1 aromatic carbocycles. The molecule has 2 nitrogen and oxygen atoms in total. The van der Waals surface area contributed by atoms with Gasteiger partial charge < -0.3 is 10.8 Å². The molecule has 1 aromatic heterocycles. The van der Waals surface area contributed by atoms with Gasteiger partial charge in [-0.1, -0.05) is 15.9 Å². The molecule has 0 radical (unpaired) electrons. The van der Waals surface area contributed by atoms with Crippen molar-refractivity contribution in [3.05, 3.63) is 28.6 Å². The summed E-state index contributed by atoms with van der Waals surface area (Å²) in [5.41, 5.74) is 8.68. The van der Waals surface area contributed by atoms with E-state index in [-0.39, 0.29) is 6.61 Å². The van der Waals surface area contributed by atoms with Crippen LogP contribution < -0.4 is 5.73 Å². The molecule has 74 valence electrons. The number of hydrogen-bond acceptors (Lipinski definition) is 3. The fourth-order valence-corrected chi connectivity index (χ4v) is 3.20. The first-order valence-corrected chi connectivity index (χ1v) is 6.21. The van der Waals surface area contributed by atoms with E-state index in [1.165, 1.54) is 10.3 Å². The van der Waals surface area contributed by atoms with Gasteiger partial charge in [-0.05, 0) is 28.6 Å². The van der Waals surface area contributed by atoms with Gasteiger partial charge in [0.1, 0.15) is 0 Å². The third-order valence-corrected chi connectivity index (χ3v) is 3.89. The van der Waals surface area contributed by atoms with Crippen molar-refractivity contribution in [2.24, 2.45) is 0 Å². The topological polar surface area (TPSA) is 46.2 Å². The summed E-state index contributed by atoms with van der Waals surface area (Å²) in [5, 5.41) is 13.0. The van der Waals surface area contributed by atoms with Crippen molar-refractivity contribution in [3.63, 3.8) is 0 Å². The summed E-state index contributed by atoms with van der Waals surface area (Å²) >= 11 is 5.09. The van der Waals surface area contributed by atoms with Crippen LogP contribution >= 0.6 is 27.3 Å². The predicted octanol–water partition coefficient (Wildman–Crippen LogP) is 2.87. The summed E-state index contributed by atoms with van der Waals surface area (Å²) < 4.78 is 1.21. The molecule has 0 aliphatic rings. The highest BCUT2D eigenvalue weighted by atomic mass is 79.9. The van der Waals surface area contributed by atoms with Gasteiger partial charge in [-0.15, -0.1) is 11.3 Å². The fraction of sp³-hybridized carbons (Fsp3) is 0.200. The van der Waals surface area contributed by atoms with Crippen LogP contribution in [0.3, 0.4) is 0 Å². The van der Waals surface area contributed by atoms with Gasteiger partial charge in [0.15, 0.2) is 0 Å². The van der Waals surface area contributed by atoms with E-state index >= 15 is 0 Å². The second-order valence-electron chi connectivity index (χ2n) is 3.11. The monoisotopic (exact) mass is 271 g/mol. The van der Waals surface area contributed by atoms with Crippen LogP contribution in [0.15, 0.2) is 17.5 Å². The molecule has 0 aliphatic carbocycles. The van der Waals surface area contributed by atoms with Crippen LogP contribution in [0.5, 0.6) is 0 Å². The zero-order chi connectivity index (χ0) is 10.1. The van der Waals surface area contributed by atoms with Crippen LogP contribution in [-0.2, 0) is 11.9 Å². The van der Waals surface area contributed by atoms with Crippen LogP contribution in [0.4, 0.5) is 5.69 Å². The number of fused-ring (bicyclic) bond motifs is 1. The molecule has 4 heteroatoms. The second kappa shape index (κ2) is 3.88. The van der Waals surface area contributed by atoms with Crippen LogP contribution in [0.2, 0.25) is 0 Å². The van der Waals surface area contributed by atoms with Crippen LogP contribution in [0.25, 0.3) is 10.1 Å². The third kappa shape index (κ3) is 1.54. The molecule has 3 N–H and O–H groups in total. The van der Waals surface area contributed by atoms with Crippen molar-refractivity contribution >= 4 is 43.0 Å². The average Bonchev–Trinajstić information content (AvgIpc) is 2.59. The highest BCUT2D eigenvalue weighted by molar-refractivity contribution is 9.08. The van der Waals surface area contributed by atoms with E-state index < -0.39 is 0 Å². The zero-order valence-corrected chi connectivity index (χ0v) is 9.86. The Morgan fingerprint density at radius 2 is 2.14 bits per heavy atom. The highest BCUT2D eigenvalue weighted by Crippen LogP contribution is 2.32. The summed E-state index contributed by atoms with van der Waals surface area (Å²) in [6.07, 6.45) is 0. The lowest BCUT2D eigenvalue weighted by molar-refractivity contribution is 0.284. The van der Waals surface area contributed by atoms with Gasteiger partial charge in [-0.2, -0.15) is 0 Å². The first kappa shape index (κ1) is 9.96. The normalized spacial score (nSPS) is 11.0. The fourth-order valence-electron chi connectivity index (χ4n) is 1.51. The van der Waals surface area contributed by atoms with Gasteiger partial charge in [0, 0.05) is 21.1 Å². The largest absolute Gasteiger partial charge is 0.399 e. The number of nitrogens with two attached hydrogens (primary N) is 1. The number of halogens is 1. The smallest absolute Gasteiger partial charge is 0.0696 e. The first-order valence-electron chi connectivity index (χ1n) is 4.21. The van der Waals surface area contributed by atoms with Gasteiger partial charge in [0.05, 0.1) is 6.61 Å². The molecule has 0 aliphatic heterocycles. The lowest BCUT2D eigenvalue weighted by atomic mass is 10.1. The van der Waals surface area contributed by atoms with E-state index in [0.29, 0.717) is 0 Å². The number of rotatable bonds is 2. The van der Waals surface area contributed by atoms with Gasteiger partial charge >= 0.3 is 0 Å². The van der Waals surface area contributed by atoms with Crippen molar-refractivity contribution in [3.8, 4) is 0 Å². The number of aliphatic hydroxyl groups excluding tert-OH is 1. The SMILES string of the molecule is Nc1cc(CBr)c2scc(CO)c2c1. The van der Waals surface area contributed by atoms with E-state index in [2.05, 4.69) is 15.9 Å². The lowest BCUT2D eigenvalue weighted by Crippen LogP contribution is -1.88. The standard InChI is InChI=1S/C10H10BrNOS/c11-3-6-1-8(12)2-9-7(4-13)5-14-10(6)9/h1-2,5,13H,3-4,12H2. The molecule has 0 amide bonds. The van der Waals surface area contributed by atoms with Gasteiger partial charge in [0.2, 0.25) is 0 Å². The van der Waals surface area contributed by atoms with E-state index in [0.717, 1.165) is 22.0 Å². The Balaban J connectivity index is 2.76. The Morgan fingerprint density at radius 3 is 2.79 bits per heavy atom. The summed E-state index contributed by atoms with van der Waals surface area (Å²) in [5.74, 6) is 0. The van der Waals surface area contributed by atoms with Crippen molar-refractivity contribution in [2.75, 3.05) is 5.73 Å². The minimum absolute atomic E-state index is 0.0746. The van der Waals surface area contributed by atoms with Crippen molar-refractivity contribution in [2.45, 2.75) is 11.9 Å². The number of aliphatic hydroxyl groups is 1. The number of thiophene rings is 1. The van der Waals surface area contributed by atoms with E-state index in [1.54, 1.807) is 11.3 Å². The zero-order valence-electron chi connectivity index (χ0n) is 7.46. The lowest BCUT2D eigenvalue weighted by Gasteiger charge is -2.02. The Kier molecular flexibility index (Phi) is 2.76. The van der Waals surface area contributed by atoms with Gasteiger partial charge in [-0.3, -0.25) is 0 Å². The number of benzene rings is 1. The van der Waals surface area contributed by atoms with Crippen molar-refractivity contribution < 1.29 is 5.11 Å². The maximum atomic E-state index is 9.13. The molecule has 0 saturated carbocycles. The Bertz CT molecular complexity index is 466. The molecule has 0 spiro atoms. The molecule has 0 bridgehead atoms. The molecule has 14 heavy (non-hydrogen) atoms. The predicted molar refractivity (Wildman–Crippen MR) is 64.8 cm³/mol. The molecular weight excluding hydrogens is 262 g/mol. The molecule has 1 heterocycles. The molecule has 0 unspecified atom stereocenters. The van der Waals surface area contributed by atoms with Crippen LogP contribution in [-0.4, -0.2) is 5.11 Å². The Morgan fingerprint density at radius 1 is 1.36 bits per heavy atom. The Hall–Kier alpha value is -0.580. The Labute approximate surface area is 94.5 Å². The molecule has 2 aromatic rings. The van der Waals surface area contributed by atoms with Crippen molar-refractivity contribution in [1.82, 2.24) is 0 Å². The third-order valence-electron chi connectivity index (χ3n) is 2.17. The first-order chi connectivity index (χ1) is 6.76. The maximum absolute atomic E-state index is 9.13. The number of hydrogen-bond donors (Lipinski definition) is 2. The minimum atomic E-state index is 0.0746. The highest BCUT2D eigenvalue weighted by Gasteiger charge is 2.07. The quantitative estimate of drug-likeness (QED) is 0.652. The number of anilines is 1. The summed E-state index contributed by atoms with van der Waals surface area (Å²) in [6, 6.07) is 3.89. The average molecular weight is 272 g/mol. The van der Waals surface area contributed by atoms with Gasteiger partial charge in [0.25, 0.3) is 0 Å².